The summed E-state index contributed by atoms with van der Waals surface area (Å²) in [7, 11) is 0. The van der Waals surface area contributed by atoms with Crippen LogP contribution in [0.5, 0.6) is 23.0 Å². The second kappa shape index (κ2) is 11.3. The number of rotatable bonds is 5. The standard InChI is InChI=1S/C27H30O15/c1-8-19(32)22(35)25(38)27(39-8)42-15-6-14-17(12(31)5-13(40-14)9-2-3-10(29)11(30)4-9)21(34)18(15)26-24(37)23(36)20(33)16(7-28)41-26/h2-6,8,16,19-20,22-30,32-38H,7H2,1H3/t8?,16?,19-,20+,22?,23-,24?,25-,26-,27-/m0/s1. The van der Waals surface area contributed by atoms with E-state index in [0.29, 0.717) is 0 Å². The van der Waals surface area contributed by atoms with Gasteiger partial charge in [-0.3, -0.25) is 4.79 Å². The summed E-state index contributed by atoms with van der Waals surface area (Å²) >= 11 is 0. The lowest BCUT2D eigenvalue weighted by Crippen LogP contribution is -2.58. The fourth-order valence-electron chi connectivity index (χ4n) is 5.06. The van der Waals surface area contributed by atoms with Gasteiger partial charge in [0, 0.05) is 17.7 Å². The van der Waals surface area contributed by atoms with E-state index in [0.717, 1.165) is 24.3 Å². The summed E-state index contributed by atoms with van der Waals surface area (Å²) in [6.45, 7) is 0.591. The fourth-order valence-corrected chi connectivity index (χ4v) is 5.06. The van der Waals surface area contributed by atoms with Crippen LogP contribution in [0.1, 0.15) is 18.6 Å². The molecular weight excluding hydrogens is 564 g/mol. The Morgan fingerprint density at radius 2 is 1.50 bits per heavy atom. The monoisotopic (exact) mass is 594 g/mol. The number of fused-ring (bicyclic) bond motifs is 1. The number of aromatic hydroxyl groups is 3. The molecule has 2 fully saturated rings. The minimum Gasteiger partial charge on any atom is -0.506 e. The number of aliphatic hydroxyl groups is 7. The third-order valence-corrected chi connectivity index (χ3v) is 7.48. The van der Waals surface area contributed by atoms with Crippen molar-refractivity contribution < 1.29 is 69.7 Å². The van der Waals surface area contributed by atoms with Gasteiger partial charge in [-0.2, -0.15) is 0 Å². The third kappa shape index (κ3) is 5.04. The summed E-state index contributed by atoms with van der Waals surface area (Å²) in [5, 5.41) is 102. The molecule has 0 saturated carbocycles. The summed E-state index contributed by atoms with van der Waals surface area (Å²) in [6.07, 6.45) is -16.4. The van der Waals surface area contributed by atoms with Crippen LogP contribution < -0.4 is 10.2 Å². The van der Waals surface area contributed by atoms with Crippen LogP contribution in [0.25, 0.3) is 22.3 Å². The Balaban J connectivity index is 1.70. The highest BCUT2D eigenvalue weighted by molar-refractivity contribution is 5.88. The fraction of sp³-hybridized carbons (Fsp3) is 0.444. The summed E-state index contributed by atoms with van der Waals surface area (Å²) in [4.78, 5) is 13.2. The smallest absolute Gasteiger partial charge is 0.229 e. The molecule has 0 bridgehead atoms. The van der Waals surface area contributed by atoms with Crippen molar-refractivity contribution in [2.24, 2.45) is 0 Å². The first kappa shape index (κ1) is 30.0. The van der Waals surface area contributed by atoms with Gasteiger partial charge in [0.2, 0.25) is 6.29 Å². The van der Waals surface area contributed by atoms with E-state index >= 15 is 0 Å². The topological polar surface area (TPSA) is 260 Å². The van der Waals surface area contributed by atoms with Gasteiger partial charge in [0.25, 0.3) is 0 Å². The molecule has 2 saturated heterocycles. The number of hydrogen-bond acceptors (Lipinski definition) is 15. The maximum atomic E-state index is 13.2. The second-order valence-corrected chi connectivity index (χ2v) is 10.2. The van der Waals surface area contributed by atoms with E-state index in [-0.39, 0.29) is 16.9 Å². The lowest BCUT2D eigenvalue weighted by molar-refractivity contribution is -0.269. The van der Waals surface area contributed by atoms with Crippen molar-refractivity contribution in [3.8, 4) is 34.3 Å². The van der Waals surface area contributed by atoms with Gasteiger partial charge in [0.1, 0.15) is 77.1 Å². The van der Waals surface area contributed by atoms with Crippen molar-refractivity contribution in [2.75, 3.05) is 6.61 Å². The maximum Gasteiger partial charge on any atom is 0.229 e. The van der Waals surface area contributed by atoms with Gasteiger partial charge >= 0.3 is 0 Å². The van der Waals surface area contributed by atoms with E-state index in [1.807, 2.05) is 0 Å². The Bertz CT molecular complexity index is 1520. The van der Waals surface area contributed by atoms with Gasteiger partial charge in [-0.1, -0.05) is 0 Å². The Morgan fingerprint density at radius 3 is 2.17 bits per heavy atom. The Hall–Kier alpha value is -3.51. The minimum absolute atomic E-state index is 0.102. The summed E-state index contributed by atoms with van der Waals surface area (Å²) in [6, 6.07) is 5.69. The molecule has 3 aromatic rings. The van der Waals surface area contributed by atoms with Crippen LogP contribution in [-0.2, 0) is 9.47 Å². The van der Waals surface area contributed by atoms with E-state index < -0.39 is 107 Å². The number of hydrogen-bond donors (Lipinski definition) is 10. The number of benzene rings is 2. The van der Waals surface area contributed by atoms with E-state index in [1.54, 1.807) is 0 Å². The molecule has 2 aliphatic rings. The van der Waals surface area contributed by atoms with Crippen LogP contribution in [0.3, 0.4) is 0 Å². The zero-order valence-corrected chi connectivity index (χ0v) is 21.9. The van der Waals surface area contributed by atoms with Gasteiger partial charge in [-0.25, -0.2) is 0 Å². The first-order chi connectivity index (χ1) is 19.8. The molecule has 0 amide bonds. The first-order valence-corrected chi connectivity index (χ1v) is 12.9. The molecule has 1 aromatic heterocycles. The molecule has 4 unspecified atom stereocenters. The Kier molecular flexibility index (Phi) is 8.06. The summed E-state index contributed by atoms with van der Waals surface area (Å²) in [5.74, 6) is -2.31. The average molecular weight is 595 g/mol. The van der Waals surface area contributed by atoms with Crippen LogP contribution in [0, 0.1) is 0 Å². The molecule has 15 heteroatoms. The SMILES string of the molecule is CC1O[C@@H](Oc2cc3oc(-c4ccc(O)c(O)c4)cc(=O)c3c(O)c2[C@@H]2OC(CO)[C@@H](O)[C@H](O)C2O)[C@@H](O)C(O)[C@H]1O. The highest BCUT2D eigenvalue weighted by atomic mass is 16.7. The lowest BCUT2D eigenvalue weighted by Gasteiger charge is -2.42. The first-order valence-electron chi connectivity index (χ1n) is 12.9. The van der Waals surface area contributed by atoms with Crippen LogP contribution in [-0.4, -0.2) is 113 Å². The molecule has 5 rings (SSSR count). The van der Waals surface area contributed by atoms with Crippen molar-refractivity contribution in [3.63, 3.8) is 0 Å². The van der Waals surface area contributed by atoms with Gasteiger partial charge in [-0.15, -0.1) is 0 Å². The predicted molar refractivity (Wildman–Crippen MR) is 139 cm³/mol. The van der Waals surface area contributed by atoms with Crippen molar-refractivity contribution in [2.45, 2.75) is 68.1 Å². The summed E-state index contributed by atoms with van der Waals surface area (Å²) in [5.41, 5.74) is -1.40. The largest absolute Gasteiger partial charge is 0.506 e. The van der Waals surface area contributed by atoms with Gasteiger partial charge < -0.3 is 69.7 Å². The van der Waals surface area contributed by atoms with Crippen LogP contribution in [0.2, 0.25) is 0 Å². The van der Waals surface area contributed by atoms with E-state index in [2.05, 4.69) is 0 Å². The molecule has 15 nitrogen and oxygen atoms in total. The van der Waals surface area contributed by atoms with Crippen LogP contribution >= 0.6 is 0 Å². The zero-order chi connectivity index (χ0) is 30.6. The highest BCUT2D eigenvalue weighted by Gasteiger charge is 2.48. The van der Waals surface area contributed by atoms with Crippen molar-refractivity contribution in [1.29, 1.82) is 0 Å². The normalized spacial score (nSPS) is 33.5. The van der Waals surface area contributed by atoms with E-state index in [9.17, 15) is 55.9 Å². The predicted octanol–water partition coefficient (Wildman–Crippen LogP) is -1.70. The van der Waals surface area contributed by atoms with Gasteiger partial charge in [0.15, 0.2) is 16.9 Å². The molecule has 2 aromatic carbocycles. The molecule has 0 radical (unpaired) electrons. The molecule has 10 atom stereocenters. The summed E-state index contributed by atoms with van der Waals surface area (Å²) < 4.78 is 22.7. The van der Waals surface area contributed by atoms with Gasteiger partial charge in [0.05, 0.1) is 18.3 Å². The molecule has 228 valence electrons. The molecule has 2 aliphatic heterocycles. The third-order valence-electron chi connectivity index (χ3n) is 7.48. The molecule has 0 spiro atoms. The molecular formula is C27H30O15. The highest BCUT2D eigenvalue weighted by Crippen LogP contribution is 2.46. The van der Waals surface area contributed by atoms with Crippen LogP contribution in [0.15, 0.2) is 39.5 Å². The van der Waals surface area contributed by atoms with Crippen LogP contribution in [0.4, 0.5) is 0 Å². The molecule has 10 N–H and O–H groups in total. The molecule has 42 heavy (non-hydrogen) atoms. The van der Waals surface area contributed by atoms with Gasteiger partial charge in [-0.05, 0) is 25.1 Å². The Morgan fingerprint density at radius 1 is 0.810 bits per heavy atom. The van der Waals surface area contributed by atoms with E-state index in [4.69, 9.17) is 18.6 Å². The minimum atomic E-state index is -1.93. The Labute approximate surface area is 236 Å². The second-order valence-electron chi connectivity index (χ2n) is 10.2. The average Bonchev–Trinajstić information content (AvgIpc) is 2.95. The number of phenols is 3. The van der Waals surface area contributed by atoms with E-state index in [1.165, 1.54) is 13.0 Å². The maximum absolute atomic E-state index is 13.2. The molecule has 0 aliphatic carbocycles. The number of aliphatic hydroxyl groups excluding tert-OH is 7. The molecule has 3 heterocycles. The number of phenolic OH excluding ortho intramolecular Hbond substituents is 3. The quantitative estimate of drug-likeness (QED) is 0.148. The zero-order valence-electron chi connectivity index (χ0n) is 21.9. The number of ether oxygens (including phenoxy) is 3. The lowest BCUT2D eigenvalue weighted by atomic mass is 9.89. The van der Waals surface area contributed by atoms with Crippen molar-refractivity contribution in [3.05, 3.63) is 46.1 Å². The van der Waals surface area contributed by atoms with Crippen molar-refractivity contribution >= 4 is 11.0 Å². The van der Waals surface area contributed by atoms with Crippen molar-refractivity contribution in [1.82, 2.24) is 0 Å².